The van der Waals surface area contributed by atoms with Crippen molar-refractivity contribution < 1.29 is 13.2 Å². The molecule has 0 amide bonds. The van der Waals surface area contributed by atoms with Crippen LogP contribution in [0.5, 0.6) is 5.75 Å². The first-order valence-electron chi connectivity index (χ1n) is 7.18. The van der Waals surface area contributed by atoms with E-state index >= 15 is 0 Å². The predicted molar refractivity (Wildman–Crippen MR) is 94.6 cm³/mol. The number of benzene rings is 2. The van der Waals surface area contributed by atoms with Crippen molar-refractivity contribution in [1.29, 1.82) is 0 Å². The summed E-state index contributed by atoms with van der Waals surface area (Å²) in [5.74, 6) is 0.717. The zero-order valence-corrected chi connectivity index (χ0v) is 15.1. The standard InChI is InChI=1S/C17H21NO3S2/c1-17(2,13-21-14-9-11-15(22-3)12-10-14)18-23(19,20)16-7-5-4-6-8-16/h4-12,18H,13H2,1-3H3. The SMILES string of the molecule is CSc1ccc(OCC(C)(C)NS(=O)(=O)c2ccccc2)cc1. The zero-order chi connectivity index (χ0) is 16.9. The van der Waals surface area contributed by atoms with Crippen molar-refractivity contribution in [3.8, 4) is 5.75 Å². The zero-order valence-electron chi connectivity index (χ0n) is 13.4. The maximum absolute atomic E-state index is 12.4. The molecule has 0 aliphatic heterocycles. The van der Waals surface area contributed by atoms with Gasteiger partial charge in [-0.1, -0.05) is 18.2 Å². The van der Waals surface area contributed by atoms with E-state index < -0.39 is 15.6 Å². The van der Waals surface area contributed by atoms with Gasteiger partial charge in [0.05, 0.1) is 10.4 Å². The van der Waals surface area contributed by atoms with Crippen LogP contribution in [-0.4, -0.2) is 26.8 Å². The second-order valence-electron chi connectivity index (χ2n) is 5.77. The van der Waals surface area contributed by atoms with Gasteiger partial charge >= 0.3 is 0 Å². The molecule has 0 saturated carbocycles. The number of hydrogen-bond acceptors (Lipinski definition) is 4. The van der Waals surface area contributed by atoms with Crippen molar-refractivity contribution in [2.24, 2.45) is 0 Å². The van der Waals surface area contributed by atoms with Crippen LogP contribution in [-0.2, 0) is 10.0 Å². The smallest absolute Gasteiger partial charge is 0.241 e. The minimum atomic E-state index is -3.57. The Morgan fingerprint density at radius 1 is 1.04 bits per heavy atom. The van der Waals surface area contributed by atoms with Crippen LogP contribution in [0.25, 0.3) is 0 Å². The van der Waals surface area contributed by atoms with Gasteiger partial charge in [0.15, 0.2) is 0 Å². The summed E-state index contributed by atoms with van der Waals surface area (Å²) >= 11 is 1.66. The van der Waals surface area contributed by atoms with Crippen LogP contribution in [0.2, 0.25) is 0 Å². The third kappa shape index (κ3) is 5.27. The summed E-state index contributed by atoms with van der Waals surface area (Å²) in [6, 6.07) is 16.0. The highest BCUT2D eigenvalue weighted by Gasteiger charge is 2.27. The van der Waals surface area contributed by atoms with Gasteiger partial charge in [0.2, 0.25) is 10.0 Å². The van der Waals surface area contributed by atoms with Gasteiger partial charge in [0.1, 0.15) is 12.4 Å². The number of nitrogens with one attached hydrogen (secondary N) is 1. The van der Waals surface area contributed by atoms with Gasteiger partial charge in [-0.15, -0.1) is 11.8 Å². The van der Waals surface area contributed by atoms with Gasteiger partial charge in [-0.05, 0) is 56.5 Å². The summed E-state index contributed by atoms with van der Waals surface area (Å²) in [4.78, 5) is 1.40. The highest BCUT2D eigenvalue weighted by molar-refractivity contribution is 7.98. The topological polar surface area (TPSA) is 55.4 Å². The number of rotatable bonds is 7. The first kappa shape index (κ1) is 17.8. The quantitative estimate of drug-likeness (QED) is 0.775. The lowest BCUT2D eigenvalue weighted by Gasteiger charge is -2.26. The lowest BCUT2D eigenvalue weighted by molar-refractivity contribution is 0.229. The monoisotopic (exact) mass is 351 g/mol. The average Bonchev–Trinajstić information content (AvgIpc) is 2.53. The minimum absolute atomic E-state index is 0.234. The molecule has 0 atom stereocenters. The second-order valence-corrected chi connectivity index (χ2v) is 8.33. The Labute approximate surface area is 142 Å². The molecular formula is C17H21NO3S2. The number of ether oxygens (including phenoxy) is 1. The fourth-order valence-corrected chi connectivity index (χ4v) is 3.82. The number of hydrogen-bond donors (Lipinski definition) is 1. The molecular weight excluding hydrogens is 330 g/mol. The molecule has 4 nitrogen and oxygen atoms in total. The van der Waals surface area contributed by atoms with Crippen LogP contribution in [0.15, 0.2) is 64.4 Å². The van der Waals surface area contributed by atoms with E-state index in [9.17, 15) is 8.42 Å². The molecule has 0 bridgehead atoms. The minimum Gasteiger partial charge on any atom is -0.492 e. The van der Waals surface area contributed by atoms with Gasteiger partial charge in [0, 0.05) is 4.90 Å². The Balaban J connectivity index is 2.01. The first-order valence-corrected chi connectivity index (χ1v) is 9.89. The lowest BCUT2D eigenvalue weighted by atomic mass is 10.1. The summed E-state index contributed by atoms with van der Waals surface area (Å²) in [7, 11) is -3.57. The van der Waals surface area contributed by atoms with Gasteiger partial charge in [-0.3, -0.25) is 0 Å². The fourth-order valence-electron chi connectivity index (χ4n) is 1.99. The van der Waals surface area contributed by atoms with Crippen molar-refractivity contribution in [2.45, 2.75) is 29.2 Å². The molecule has 2 rings (SSSR count). The Morgan fingerprint density at radius 2 is 1.65 bits per heavy atom. The van der Waals surface area contributed by atoms with Gasteiger partial charge in [-0.25, -0.2) is 13.1 Å². The van der Waals surface area contributed by atoms with Gasteiger partial charge < -0.3 is 4.74 Å². The van der Waals surface area contributed by atoms with Crippen molar-refractivity contribution in [1.82, 2.24) is 4.72 Å². The predicted octanol–water partition coefficient (Wildman–Crippen LogP) is 3.54. The van der Waals surface area contributed by atoms with E-state index in [-0.39, 0.29) is 11.5 Å². The van der Waals surface area contributed by atoms with E-state index in [0.717, 1.165) is 10.6 Å². The summed E-state index contributed by atoms with van der Waals surface area (Å²) in [5, 5.41) is 0. The van der Waals surface area contributed by atoms with Crippen LogP contribution < -0.4 is 9.46 Å². The van der Waals surface area contributed by atoms with Gasteiger partial charge in [0.25, 0.3) is 0 Å². The summed E-state index contributed by atoms with van der Waals surface area (Å²) in [6.45, 7) is 3.82. The van der Waals surface area contributed by atoms with E-state index in [1.165, 1.54) is 0 Å². The van der Waals surface area contributed by atoms with E-state index in [1.807, 2.05) is 30.5 Å². The van der Waals surface area contributed by atoms with E-state index in [1.54, 1.807) is 55.9 Å². The van der Waals surface area contributed by atoms with Crippen LogP contribution in [0.1, 0.15) is 13.8 Å². The third-order valence-corrected chi connectivity index (χ3v) is 5.58. The fraction of sp³-hybridized carbons (Fsp3) is 0.294. The molecule has 0 fully saturated rings. The first-order chi connectivity index (χ1) is 10.8. The largest absolute Gasteiger partial charge is 0.492 e. The Hall–Kier alpha value is -1.50. The van der Waals surface area contributed by atoms with Crippen LogP contribution >= 0.6 is 11.8 Å². The van der Waals surface area contributed by atoms with E-state index in [0.29, 0.717) is 0 Å². The summed E-state index contributed by atoms with van der Waals surface area (Å²) < 4.78 is 33.1. The molecule has 0 saturated heterocycles. The number of sulfonamides is 1. The van der Waals surface area contributed by atoms with Crippen LogP contribution in [0, 0.1) is 0 Å². The average molecular weight is 351 g/mol. The highest BCUT2D eigenvalue weighted by atomic mass is 32.2. The molecule has 0 aliphatic carbocycles. The maximum atomic E-state index is 12.4. The molecule has 0 aromatic heterocycles. The molecule has 2 aromatic carbocycles. The van der Waals surface area contributed by atoms with Crippen molar-refractivity contribution in [2.75, 3.05) is 12.9 Å². The maximum Gasteiger partial charge on any atom is 0.241 e. The molecule has 2 aromatic rings. The van der Waals surface area contributed by atoms with Crippen molar-refractivity contribution in [3.05, 3.63) is 54.6 Å². The molecule has 0 heterocycles. The number of thioether (sulfide) groups is 1. The van der Waals surface area contributed by atoms with E-state index in [4.69, 9.17) is 4.74 Å². The molecule has 0 radical (unpaired) electrons. The lowest BCUT2D eigenvalue weighted by Crippen LogP contribution is -2.47. The molecule has 0 unspecified atom stereocenters. The normalized spacial score (nSPS) is 12.1. The van der Waals surface area contributed by atoms with Crippen LogP contribution in [0.4, 0.5) is 0 Å². The highest BCUT2D eigenvalue weighted by Crippen LogP contribution is 2.20. The Morgan fingerprint density at radius 3 is 2.22 bits per heavy atom. The molecule has 23 heavy (non-hydrogen) atoms. The Kier molecular flexibility index (Phi) is 5.73. The second kappa shape index (κ2) is 7.38. The molecule has 0 aliphatic rings. The summed E-state index contributed by atoms with van der Waals surface area (Å²) in [5.41, 5.74) is -0.729. The van der Waals surface area contributed by atoms with Gasteiger partial charge in [-0.2, -0.15) is 0 Å². The molecule has 6 heteroatoms. The van der Waals surface area contributed by atoms with Crippen LogP contribution in [0.3, 0.4) is 0 Å². The van der Waals surface area contributed by atoms with Crippen molar-refractivity contribution >= 4 is 21.8 Å². The Bertz CT molecular complexity index is 726. The van der Waals surface area contributed by atoms with E-state index in [2.05, 4.69) is 4.72 Å². The summed E-state index contributed by atoms with van der Waals surface area (Å²) in [6.07, 6.45) is 2.01. The molecule has 124 valence electrons. The molecule has 0 spiro atoms. The molecule has 1 N–H and O–H groups in total. The van der Waals surface area contributed by atoms with Crippen molar-refractivity contribution in [3.63, 3.8) is 0 Å². The third-order valence-electron chi connectivity index (χ3n) is 3.12.